The monoisotopic (exact) mass is 408 g/mol. The van der Waals surface area contributed by atoms with Crippen molar-refractivity contribution in [2.24, 2.45) is 4.99 Å². The number of aromatic nitrogens is 1. The summed E-state index contributed by atoms with van der Waals surface area (Å²) >= 11 is 13.5. The number of nitrogens with zero attached hydrogens (tertiary/aromatic N) is 2. The van der Waals surface area contributed by atoms with E-state index < -0.39 is 0 Å². The molecular formula is C19H18Cl2N2O2S. The van der Waals surface area contributed by atoms with E-state index in [1.807, 2.05) is 24.5 Å². The molecule has 0 unspecified atom stereocenters. The highest BCUT2D eigenvalue weighted by atomic mass is 35.5. The lowest BCUT2D eigenvalue weighted by molar-refractivity contribution is 0.0996. The Bertz CT molecular complexity index is 1000. The molecule has 2 aromatic carbocycles. The molecule has 0 radical (unpaired) electrons. The third kappa shape index (κ3) is 4.35. The Labute approximate surface area is 165 Å². The maximum atomic E-state index is 12.6. The highest BCUT2D eigenvalue weighted by Crippen LogP contribution is 2.21. The topological polar surface area (TPSA) is 43.6 Å². The Morgan fingerprint density at radius 2 is 1.92 bits per heavy atom. The molecule has 7 heteroatoms. The summed E-state index contributed by atoms with van der Waals surface area (Å²) in [6, 6.07) is 10.9. The average molecular weight is 409 g/mol. The molecule has 1 amide bonds. The molecule has 4 nitrogen and oxygen atoms in total. The minimum Gasteiger partial charge on any atom is -0.380 e. The van der Waals surface area contributed by atoms with Crippen LogP contribution in [0.15, 0.2) is 41.4 Å². The normalized spacial score (nSPS) is 12.1. The number of hydrogen-bond acceptors (Lipinski definition) is 3. The van der Waals surface area contributed by atoms with Crippen LogP contribution < -0.4 is 4.80 Å². The van der Waals surface area contributed by atoms with Gasteiger partial charge in [-0.3, -0.25) is 4.79 Å². The SMILES string of the molecule is CCOCCn1c(=NC(=O)c2cc(Cl)cc(Cl)c2)sc2cc(C)ccc21. The van der Waals surface area contributed by atoms with Gasteiger partial charge in [0.25, 0.3) is 5.91 Å². The van der Waals surface area contributed by atoms with E-state index in [9.17, 15) is 4.79 Å². The summed E-state index contributed by atoms with van der Waals surface area (Å²) in [6.45, 7) is 5.82. The standard InChI is InChI=1S/C19H18Cl2N2O2S/c1-3-25-7-6-23-16-5-4-12(2)8-17(16)26-19(23)22-18(24)13-9-14(20)11-15(21)10-13/h4-5,8-11H,3,6-7H2,1-2H3. The molecule has 0 saturated heterocycles. The second-order valence-electron chi connectivity index (χ2n) is 5.78. The predicted molar refractivity (Wildman–Crippen MR) is 107 cm³/mol. The molecule has 1 heterocycles. The summed E-state index contributed by atoms with van der Waals surface area (Å²) in [5, 5.41) is 0.819. The maximum absolute atomic E-state index is 12.6. The van der Waals surface area contributed by atoms with Gasteiger partial charge in [0.15, 0.2) is 4.80 Å². The van der Waals surface area contributed by atoms with Gasteiger partial charge in [0.1, 0.15) is 0 Å². The number of ether oxygens (including phenoxy) is 1. The fraction of sp³-hybridized carbons (Fsp3) is 0.263. The van der Waals surface area contributed by atoms with Crippen LogP contribution in [0, 0.1) is 6.92 Å². The van der Waals surface area contributed by atoms with Crippen molar-refractivity contribution >= 4 is 50.7 Å². The van der Waals surface area contributed by atoms with Gasteiger partial charge in [-0.25, -0.2) is 0 Å². The molecule has 0 aliphatic carbocycles. The molecule has 1 aromatic heterocycles. The molecule has 0 aliphatic rings. The second-order valence-corrected chi connectivity index (χ2v) is 7.66. The van der Waals surface area contributed by atoms with Crippen LogP contribution in [0.3, 0.4) is 0 Å². The summed E-state index contributed by atoms with van der Waals surface area (Å²) in [5.74, 6) is -0.372. The van der Waals surface area contributed by atoms with E-state index >= 15 is 0 Å². The first-order valence-electron chi connectivity index (χ1n) is 8.21. The molecule has 0 N–H and O–H groups in total. The number of carbonyl (C=O) groups excluding carboxylic acids is 1. The minimum atomic E-state index is -0.372. The average Bonchev–Trinajstić information content (AvgIpc) is 2.90. The second kappa shape index (κ2) is 8.35. The van der Waals surface area contributed by atoms with E-state index in [0.717, 1.165) is 15.8 Å². The van der Waals surface area contributed by atoms with Gasteiger partial charge in [-0.1, -0.05) is 40.6 Å². The summed E-state index contributed by atoms with van der Waals surface area (Å²) < 4.78 is 8.57. The zero-order valence-electron chi connectivity index (χ0n) is 14.5. The molecule has 26 heavy (non-hydrogen) atoms. The molecular weight excluding hydrogens is 391 g/mol. The van der Waals surface area contributed by atoms with Crippen molar-refractivity contribution in [1.29, 1.82) is 0 Å². The molecule has 0 spiro atoms. The van der Waals surface area contributed by atoms with Gasteiger partial charge >= 0.3 is 0 Å². The number of hydrogen-bond donors (Lipinski definition) is 0. The van der Waals surface area contributed by atoms with Crippen molar-refractivity contribution in [3.63, 3.8) is 0 Å². The van der Waals surface area contributed by atoms with Crippen molar-refractivity contribution < 1.29 is 9.53 Å². The number of carbonyl (C=O) groups is 1. The smallest absolute Gasteiger partial charge is 0.279 e. The molecule has 3 aromatic rings. The Hall–Kier alpha value is -1.66. The van der Waals surface area contributed by atoms with Crippen molar-refractivity contribution in [3.8, 4) is 0 Å². The Morgan fingerprint density at radius 1 is 1.19 bits per heavy atom. The quantitative estimate of drug-likeness (QED) is 0.551. The first kappa shape index (κ1) is 19.1. The van der Waals surface area contributed by atoms with Crippen LogP contribution in [0.2, 0.25) is 10.0 Å². The fourth-order valence-corrected chi connectivity index (χ4v) is 4.29. The first-order chi connectivity index (χ1) is 12.5. The predicted octanol–water partition coefficient (Wildman–Crippen LogP) is 5.10. The van der Waals surface area contributed by atoms with Gasteiger partial charge in [0.05, 0.1) is 16.8 Å². The van der Waals surface area contributed by atoms with E-state index in [1.54, 1.807) is 18.2 Å². The third-order valence-corrected chi connectivity index (χ3v) is 5.29. The van der Waals surface area contributed by atoms with E-state index in [-0.39, 0.29) is 5.91 Å². The highest BCUT2D eigenvalue weighted by Gasteiger charge is 2.11. The van der Waals surface area contributed by atoms with Crippen LogP contribution in [0.1, 0.15) is 22.8 Å². The van der Waals surface area contributed by atoms with E-state index in [4.69, 9.17) is 27.9 Å². The van der Waals surface area contributed by atoms with Crippen LogP contribution in [0.5, 0.6) is 0 Å². The highest BCUT2D eigenvalue weighted by molar-refractivity contribution is 7.16. The van der Waals surface area contributed by atoms with Gasteiger partial charge in [0.2, 0.25) is 0 Å². The fourth-order valence-electron chi connectivity index (χ4n) is 2.61. The first-order valence-corrected chi connectivity index (χ1v) is 9.78. The minimum absolute atomic E-state index is 0.368. The number of benzene rings is 2. The number of halogens is 2. The van der Waals surface area contributed by atoms with Crippen LogP contribution in [0.25, 0.3) is 10.2 Å². The van der Waals surface area contributed by atoms with Gasteiger partial charge in [-0.15, -0.1) is 0 Å². The van der Waals surface area contributed by atoms with Crippen LogP contribution >= 0.6 is 34.5 Å². The van der Waals surface area contributed by atoms with Crippen molar-refractivity contribution in [2.45, 2.75) is 20.4 Å². The van der Waals surface area contributed by atoms with Gasteiger partial charge in [0, 0.05) is 28.8 Å². The van der Waals surface area contributed by atoms with Crippen molar-refractivity contribution in [1.82, 2.24) is 4.57 Å². The van der Waals surface area contributed by atoms with Crippen LogP contribution in [0.4, 0.5) is 0 Å². The van der Waals surface area contributed by atoms with Crippen molar-refractivity contribution in [2.75, 3.05) is 13.2 Å². The molecule has 0 fully saturated rings. The lowest BCUT2D eigenvalue weighted by Crippen LogP contribution is -2.19. The number of thiazole rings is 1. The zero-order valence-corrected chi connectivity index (χ0v) is 16.8. The number of rotatable bonds is 5. The van der Waals surface area contributed by atoms with E-state index in [2.05, 4.69) is 17.1 Å². The summed E-state index contributed by atoms with van der Waals surface area (Å²) in [7, 11) is 0. The lowest BCUT2D eigenvalue weighted by Gasteiger charge is -2.05. The van der Waals surface area contributed by atoms with Crippen molar-refractivity contribution in [3.05, 3.63) is 62.4 Å². The summed E-state index contributed by atoms with van der Waals surface area (Å²) in [5.41, 5.74) is 2.57. The van der Waals surface area contributed by atoms with E-state index in [0.29, 0.717) is 40.2 Å². The Morgan fingerprint density at radius 3 is 2.62 bits per heavy atom. The Balaban J connectivity index is 2.08. The molecule has 3 rings (SSSR count). The zero-order chi connectivity index (χ0) is 18.7. The molecule has 0 aliphatic heterocycles. The lowest BCUT2D eigenvalue weighted by atomic mass is 10.2. The number of aryl methyl sites for hydroxylation is 1. The Kier molecular flexibility index (Phi) is 6.14. The van der Waals surface area contributed by atoms with Crippen LogP contribution in [-0.4, -0.2) is 23.7 Å². The molecule has 136 valence electrons. The van der Waals surface area contributed by atoms with E-state index in [1.165, 1.54) is 11.3 Å². The largest absolute Gasteiger partial charge is 0.380 e. The summed E-state index contributed by atoms with van der Waals surface area (Å²) in [4.78, 5) is 17.6. The number of amides is 1. The van der Waals surface area contributed by atoms with Gasteiger partial charge < -0.3 is 9.30 Å². The van der Waals surface area contributed by atoms with Gasteiger partial charge in [-0.05, 0) is 49.7 Å². The number of fused-ring (bicyclic) bond motifs is 1. The maximum Gasteiger partial charge on any atom is 0.279 e. The van der Waals surface area contributed by atoms with Gasteiger partial charge in [-0.2, -0.15) is 4.99 Å². The van der Waals surface area contributed by atoms with Crippen LogP contribution in [-0.2, 0) is 11.3 Å². The molecule has 0 saturated carbocycles. The summed E-state index contributed by atoms with van der Waals surface area (Å²) in [6.07, 6.45) is 0. The molecule has 0 atom stereocenters. The molecule has 0 bridgehead atoms. The third-order valence-electron chi connectivity index (χ3n) is 3.81.